The average Bonchev–Trinajstić information content (AvgIpc) is 2.68. The number of carbonyl (C=O) groups is 1. The monoisotopic (exact) mass is 514 g/mol. The highest BCUT2D eigenvalue weighted by Gasteiger charge is 2.24. The van der Waals surface area contributed by atoms with E-state index in [9.17, 15) is 13.6 Å². The van der Waals surface area contributed by atoms with Crippen LogP contribution in [-0.2, 0) is 11.2 Å². The molecule has 156 valence electrons. The number of aliphatic imine (C=N–C) groups is 1. The maximum absolute atomic E-state index is 13.7. The van der Waals surface area contributed by atoms with Gasteiger partial charge in [0.1, 0.15) is 11.6 Å². The summed E-state index contributed by atoms with van der Waals surface area (Å²) in [5, 5.41) is 9.16. The Balaban J connectivity index is 0.00000300. The third-order valence-electron chi connectivity index (χ3n) is 4.62. The van der Waals surface area contributed by atoms with Crippen LogP contribution in [-0.4, -0.2) is 31.5 Å². The summed E-state index contributed by atoms with van der Waals surface area (Å²) in [4.78, 5) is 16.5. The van der Waals surface area contributed by atoms with Gasteiger partial charge in [0.25, 0.3) is 0 Å². The molecule has 29 heavy (non-hydrogen) atoms. The van der Waals surface area contributed by atoms with E-state index in [0.29, 0.717) is 44.0 Å². The number of nitrogens with zero attached hydrogens (tertiary/aromatic N) is 1. The smallest absolute Gasteiger partial charge is 0.225 e. The molecule has 2 aromatic rings. The van der Waals surface area contributed by atoms with Crippen molar-refractivity contribution in [3.63, 3.8) is 0 Å². The Bertz CT molecular complexity index is 876. The minimum atomic E-state index is -0.453. The first-order valence-corrected chi connectivity index (χ1v) is 9.41. The van der Waals surface area contributed by atoms with Gasteiger partial charge < -0.3 is 16.0 Å². The van der Waals surface area contributed by atoms with Gasteiger partial charge in [0.2, 0.25) is 5.91 Å². The molecule has 1 amide bonds. The van der Waals surface area contributed by atoms with Gasteiger partial charge in [-0.1, -0.05) is 18.2 Å². The van der Waals surface area contributed by atoms with E-state index in [1.165, 1.54) is 6.07 Å². The Hall–Kier alpha value is -2.23. The molecule has 3 rings (SSSR count). The molecule has 0 aromatic heterocycles. The second-order valence-electron chi connectivity index (χ2n) is 6.67. The first-order valence-electron chi connectivity index (χ1n) is 9.41. The number of hydrogen-bond acceptors (Lipinski definition) is 2. The van der Waals surface area contributed by atoms with Crippen LogP contribution < -0.4 is 16.0 Å². The number of benzene rings is 2. The van der Waals surface area contributed by atoms with Crippen molar-refractivity contribution in [2.45, 2.75) is 25.7 Å². The van der Waals surface area contributed by atoms with E-state index in [-0.39, 0.29) is 35.8 Å². The zero-order valence-electron chi connectivity index (χ0n) is 16.2. The van der Waals surface area contributed by atoms with Crippen molar-refractivity contribution in [2.24, 2.45) is 4.99 Å². The van der Waals surface area contributed by atoms with Gasteiger partial charge in [-0.2, -0.15) is 0 Å². The van der Waals surface area contributed by atoms with E-state index < -0.39 is 11.6 Å². The molecule has 0 spiro atoms. The molecule has 2 aromatic carbocycles. The third kappa shape index (κ3) is 6.38. The van der Waals surface area contributed by atoms with Crippen LogP contribution in [0.2, 0.25) is 0 Å². The Labute approximate surface area is 186 Å². The fourth-order valence-electron chi connectivity index (χ4n) is 3.26. The Kier molecular flexibility index (Phi) is 8.81. The fourth-order valence-corrected chi connectivity index (χ4v) is 3.26. The highest BCUT2D eigenvalue weighted by atomic mass is 127. The summed E-state index contributed by atoms with van der Waals surface area (Å²) in [6, 6.07) is 11.2. The molecule has 8 heteroatoms. The summed E-state index contributed by atoms with van der Waals surface area (Å²) >= 11 is 0. The van der Waals surface area contributed by atoms with Crippen molar-refractivity contribution in [1.82, 2.24) is 10.6 Å². The van der Waals surface area contributed by atoms with E-state index in [0.717, 1.165) is 23.4 Å². The molecular formula is C21H25F2IN4O. The summed E-state index contributed by atoms with van der Waals surface area (Å²) in [7, 11) is 0. The van der Waals surface area contributed by atoms with Crippen molar-refractivity contribution >= 4 is 41.5 Å². The average molecular weight is 514 g/mol. The molecule has 1 heterocycles. The zero-order chi connectivity index (χ0) is 19.9. The Morgan fingerprint density at radius 1 is 1.21 bits per heavy atom. The summed E-state index contributed by atoms with van der Waals surface area (Å²) < 4.78 is 27.0. The summed E-state index contributed by atoms with van der Waals surface area (Å²) in [5.74, 6) is -0.302. The topological polar surface area (TPSA) is 65.5 Å². The lowest BCUT2D eigenvalue weighted by Gasteiger charge is -2.24. The molecule has 0 radical (unpaired) electrons. The van der Waals surface area contributed by atoms with Gasteiger partial charge in [-0.25, -0.2) is 8.78 Å². The van der Waals surface area contributed by atoms with Crippen LogP contribution in [0.25, 0.3) is 0 Å². The molecule has 0 saturated carbocycles. The minimum absolute atomic E-state index is 0. The maximum atomic E-state index is 13.7. The van der Waals surface area contributed by atoms with Crippen molar-refractivity contribution in [3.8, 4) is 0 Å². The number of guanidine groups is 1. The second-order valence-corrected chi connectivity index (χ2v) is 6.67. The molecule has 1 atom stereocenters. The standard InChI is InChI=1S/C21H24F2N4O.HI/c1-2-24-21(25-10-9-14-11-16(22)7-8-18(14)23)26-13-15-12-20(28)27-19-6-4-3-5-17(15)19;/h3-8,11,15H,2,9-10,12-13H2,1H3,(H,27,28)(H2,24,25,26);1H. The third-order valence-corrected chi connectivity index (χ3v) is 4.62. The molecule has 1 aliphatic heterocycles. The first kappa shape index (κ1) is 23.1. The van der Waals surface area contributed by atoms with E-state index in [2.05, 4.69) is 20.9 Å². The summed E-state index contributed by atoms with van der Waals surface area (Å²) in [6.45, 7) is 3.48. The number of hydrogen-bond donors (Lipinski definition) is 3. The second kappa shape index (κ2) is 11.1. The predicted molar refractivity (Wildman–Crippen MR) is 122 cm³/mol. The van der Waals surface area contributed by atoms with Gasteiger partial charge in [0.05, 0.1) is 6.54 Å². The SMILES string of the molecule is CCNC(=NCC1CC(=O)Nc2ccccc21)NCCc1cc(F)ccc1F.I. The summed E-state index contributed by atoms with van der Waals surface area (Å²) in [6.07, 6.45) is 0.719. The maximum Gasteiger partial charge on any atom is 0.225 e. The highest BCUT2D eigenvalue weighted by molar-refractivity contribution is 14.0. The number of carbonyl (C=O) groups excluding carboxylic acids is 1. The normalized spacial score (nSPS) is 15.8. The zero-order valence-corrected chi connectivity index (χ0v) is 18.5. The number of nitrogens with one attached hydrogen (secondary N) is 3. The van der Waals surface area contributed by atoms with Gasteiger partial charge in [-0.15, -0.1) is 24.0 Å². The lowest BCUT2D eigenvalue weighted by Crippen LogP contribution is -2.39. The van der Waals surface area contributed by atoms with Crippen LogP contribution in [0.5, 0.6) is 0 Å². The van der Waals surface area contributed by atoms with E-state index in [4.69, 9.17) is 0 Å². The number of halogens is 3. The summed E-state index contributed by atoms with van der Waals surface area (Å²) in [5.41, 5.74) is 2.23. The molecule has 3 N–H and O–H groups in total. The highest BCUT2D eigenvalue weighted by Crippen LogP contribution is 2.31. The van der Waals surface area contributed by atoms with Crippen molar-refractivity contribution in [1.29, 1.82) is 0 Å². The fraction of sp³-hybridized carbons (Fsp3) is 0.333. The van der Waals surface area contributed by atoms with Crippen LogP contribution in [0.1, 0.15) is 30.4 Å². The molecule has 1 unspecified atom stereocenters. The van der Waals surface area contributed by atoms with E-state index >= 15 is 0 Å². The molecule has 5 nitrogen and oxygen atoms in total. The van der Waals surface area contributed by atoms with Gasteiger partial charge in [0, 0.05) is 31.1 Å². The number of para-hydroxylation sites is 1. The number of rotatable bonds is 6. The van der Waals surface area contributed by atoms with Crippen LogP contribution in [0.4, 0.5) is 14.5 Å². The quantitative estimate of drug-likeness (QED) is 0.312. The largest absolute Gasteiger partial charge is 0.357 e. The molecule has 0 saturated heterocycles. The van der Waals surface area contributed by atoms with Crippen LogP contribution in [0.15, 0.2) is 47.5 Å². The molecular weight excluding hydrogens is 489 g/mol. The Morgan fingerprint density at radius 3 is 2.79 bits per heavy atom. The number of amides is 1. The van der Waals surface area contributed by atoms with Gasteiger partial charge in [-0.3, -0.25) is 9.79 Å². The lowest BCUT2D eigenvalue weighted by molar-refractivity contribution is -0.116. The lowest BCUT2D eigenvalue weighted by atomic mass is 9.91. The van der Waals surface area contributed by atoms with Gasteiger partial charge >= 0.3 is 0 Å². The number of anilines is 1. The predicted octanol–water partition coefficient (Wildman–Crippen LogP) is 3.81. The van der Waals surface area contributed by atoms with Gasteiger partial charge in [-0.05, 0) is 48.7 Å². The first-order chi connectivity index (χ1) is 13.6. The van der Waals surface area contributed by atoms with Crippen molar-refractivity contribution in [2.75, 3.05) is 25.0 Å². The molecule has 0 fully saturated rings. The Morgan fingerprint density at radius 2 is 2.00 bits per heavy atom. The van der Waals surface area contributed by atoms with Crippen molar-refractivity contribution in [3.05, 3.63) is 65.2 Å². The van der Waals surface area contributed by atoms with Crippen LogP contribution in [0, 0.1) is 11.6 Å². The van der Waals surface area contributed by atoms with E-state index in [1.807, 2.05) is 31.2 Å². The molecule has 0 bridgehead atoms. The van der Waals surface area contributed by atoms with Crippen molar-refractivity contribution < 1.29 is 13.6 Å². The number of fused-ring (bicyclic) bond motifs is 1. The molecule has 0 aliphatic carbocycles. The van der Waals surface area contributed by atoms with Crippen LogP contribution >= 0.6 is 24.0 Å². The van der Waals surface area contributed by atoms with Crippen LogP contribution in [0.3, 0.4) is 0 Å². The van der Waals surface area contributed by atoms with Gasteiger partial charge in [0.15, 0.2) is 5.96 Å². The molecule has 1 aliphatic rings. The van der Waals surface area contributed by atoms with E-state index in [1.54, 1.807) is 0 Å². The minimum Gasteiger partial charge on any atom is -0.357 e.